The SMILES string of the molecule is Cc1ccc(NC(=O)[C@H](C)N2CCCCCC2)cc1F. The van der Waals surface area contributed by atoms with Gasteiger partial charge in [0.05, 0.1) is 6.04 Å². The number of likely N-dealkylation sites (tertiary alicyclic amines) is 1. The zero-order valence-electron chi connectivity index (χ0n) is 12.3. The molecule has 20 heavy (non-hydrogen) atoms. The second-order valence-corrected chi connectivity index (χ2v) is 5.58. The highest BCUT2D eigenvalue weighted by Gasteiger charge is 2.22. The lowest BCUT2D eigenvalue weighted by Gasteiger charge is -2.26. The van der Waals surface area contributed by atoms with Gasteiger partial charge in [-0.25, -0.2) is 4.39 Å². The summed E-state index contributed by atoms with van der Waals surface area (Å²) in [7, 11) is 0. The summed E-state index contributed by atoms with van der Waals surface area (Å²) < 4.78 is 13.5. The standard InChI is InChI=1S/C16H23FN2O/c1-12-7-8-14(11-15(12)17)18-16(20)13(2)19-9-5-3-4-6-10-19/h7-8,11,13H,3-6,9-10H2,1-2H3,(H,18,20)/t13-/m0/s1. The Morgan fingerprint density at radius 3 is 2.50 bits per heavy atom. The Morgan fingerprint density at radius 2 is 1.90 bits per heavy atom. The van der Waals surface area contributed by atoms with E-state index in [9.17, 15) is 9.18 Å². The van der Waals surface area contributed by atoms with Gasteiger partial charge >= 0.3 is 0 Å². The predicted octanol–water partition coefficient (Wildman–Crippen LogP) is 3.34. The van der Waals surface area contributed by atoms with E-state index in [0.29, 0.717) is 11.3 Å². The van der Waals surface area contributed by atoms with E-state index < -0.39 is 0 Å². The molecule has 1 N–H and O–H groups in total. The third-order valence-corrected chi connectivity index (χ3v) is 4.01. The van der Waals surface area contributed by atoms with E-state index in [1.165, 1.54) is 18.9 Å². The number of nitrogens with zero attached hydrogens (tertiary/aromatic N) is 1. The third-order valence-electron chi connectivity index (χ3n) is 4.01. The molecular weight excluding hydrogens is 255 g/mol. The van der Waals surface area contributed by atoms with E-state index in [1.807, 2.05) is 6.92 Å². The summed E-state index contributed by atoms with van der Waals surface area (Å²) in [6.07, 6.45) is 4.79. The molecule has 1 fully saturated rings. The number of hydrogen-bond donors (Lipinski definition) is 1. The average Bonchev–Trinajstić information content (AvgIpc) is 2.71. The Hall–Kier alpha value is -1.42. The molecule has 1 heterocycles. The van der Waals surface area contributed by atoms with Gasteiger partial charge in [0.1, 0.15) is 5.82 Å². The van der Waals surface area contributed by atoms with E-state index in [4.69, 9.17) is 0 Å². The van der Waals surface area contributed by atoms with Crippen LogP contribution in [-0.4, -0.2) is 29.9 Å². The minimum atomic E-state index is -0.287. The number of aryl methyl sites for hydroxylation is 1. The van der Waals surface area contributed by atoms with E-state index in [0.717, 1.165) is 25.9 Å². The Morgan fingerprint density at radius 1 is 1.25 bits per heavy atom. The molecule has 1 saturated heterocycles. The number of nitrogens with one attached hydrogen (secondary N) is 1. The smallest absolute Gasteiger partial charge is 0.241 e. The van der Waals surface area contributed by atoms with Crippen molar-refractivity contribution in [1.82, 2.24) is 4.90 Å². The number of anilines is 1. The fourth-order valence-electron chi connectivity index (χ4n) is 2.57. The largest absolute Gasteiger partial charge is 0.325 e. The normalized spacial score (nSPS) is 18.4. The predicted molar refractivity (Wildman–Crippen MR) is 79.3 cm³/mol. The number of hydrogen-bond acceptors (Lipinski definition) is 2. The molecule has 0 unspecified atom stereocenters. The molecule has 0 bridgehead atoms. The van der Waals surface area contributed by atoms with Gasteiger partial charge in [0.25, 0.3) is 0 Å². The molecule has 4 heteroatoms. The first-order chi connectivity index (χ1) is 9.58. The highest BCUT2D eigenvalue weighted by atomic mass is 19.1. The molecule has 1 atom stereocenters. The lowest BCUT2D eigenvalue weighted by atomic mass is 10.2. The fraction of sp³-hybridized carbons (Fsp3) is 0.562. The van der Waals surface area contributed by atoms with Crippen LogP contribution in [0.25, 0.3) is 0 Å². The topological polar surface area (TPSA) is 32.3 Å². The second kappa shape index (κ2) is 6.84. The Labute approximate surface area is 120 Å². The first-order valence-corrected chi connectivity index (χ1v) is 7.39. The minimum absolute atomic E-state index is 0.0600. The van der Waals surface area contributed by atoms with Gasteiger partial charge < -0.3 is 5.32 Å². The van der Waals surface area contributed by atoms with Gasteiger partial charge in [-0.3, -0.25) is 9.69 Å². The molecule has 1 aromatic rings. The van der Waals surface area contributed by atoms with Crippen molar-refractivity contribution in [2.45, 2.75) is 45.6 Å². The molecule has 1 aliphatic rings. The Kier molecular flexibility index (Phi) is 5.12. The molecule has 1 amide bonds. The molecule has 1 aliphatic heterocycles. The minimum Gasteiger partial charge on any atom is -0.325 e. The molecule has 0 spiro atoms. The molecule has 3 nitrogen and oxygen atoms in total. The van der Waals surface area contributed by atoms with Gasteiger partial charge in [-0.15, -0.1) is 0 Å². The van der Waals surface area contributed by atoms with Crippen molar-refractivity contribution < 1.29 is 9.18 Å². The molecule has 0 aliphatic carbocycles. The van der Waals surface area contributed by atoms with E-state index in [1.54, 1.807) is 19.1 Å². The monoisotopic (exact) mass is 278 g/mol. The lowest BCUT2D eigenvalue weighted by molar-refractivity contribution is -0.120. The van der Waals surface area contributed by atoms with Gasteiger partial charge in [0.2, 0.25) is 5.91 Å². The second-order valence-electron chi connectivity index (χ2n) is 5.58. The number of benzene rings is 1. The maximum absolute atomic E-state index is 13.5. The van der Waals surface area contributed by atoms with Gasteiger partial charge in [-0.05, 0) is 57.5 Å². The van der Waals surface area contributed by atoms with Gasteiger partial charge in [-0.2, -0.15) is 0 Å². The molecule has 0 saturated carbocycles. The van der Waals surface area contributed by atoms with Crippen molar-refractivity contribution in [2.75, 3.05) is 18.4 Å². The molecule has 0 radical (unpaired) electrons. The molecule has 2 rings (SSSR count). The third kappa shape index (κ3) is 3.79. The summed E-state index contributed by atoms with van der Waals surface area (Å²) in [5.74, 6) is -0.347. The number of carbonyl (C=O) groups is 1. The Balaban J connectivity index is 1.97. The lowest BCUT2D eigenvalue weighted by Crippen LogP contribution is -2.42. The molecule has 0 aromatic heterocycles. The fourth-order valence-corrected chi connectivity index (χ4v) is 2.57. The summed E-state index contributed by atoms with van der Waals surface area (Å²) in [6.45, 7) is 5.57. The van der Waals surface area contributed by atoms with Crippen molar-refractivity contribution in [2.24, 2.45) is 0 Å². The zero-order chi connectivity index (χ0) is 14.5. The van der Waals surface area contributed by atoms with E-state index in [2.05, 4.69) is 10.2 Å². The Bertz CT molecular complexity index is 468. The first-order valence-electron chi connectivity index (χ1n) is 7.39. The number of carbonyl (C=O) groups excluding carboxylic acids is 1. The number of rotatable bonds is 3. The number of halogens is 1. The van der Waals surface area contributed by atoms with Gasteiger partial charge in [0.15, 0.2) is 0 Å². The van der Waals surface area contributed by atoms with Gasteiger partial charge in [0, 0.05) is 5.69 Å². The van der Waals surface area contributed by atoms with Crippen molar-refractivity contribution in [3.05, 3.63) is 29.6 Å². The van der Waals surface area contributed by atoms with Crippen molar-refractivity contribution in [3.8, 4) is 0 Å². The quantitative estimate of drug-likeness (QED) is 0.919. The van der Waals surface area contributed by atoms with Crippen LogP contribution >= 0.6 is 0 Å². The highest BCUT2D eigenvalue weighted by molar-refractivity contribution is 5.94. The maximum atomic E-state index is 13.5. The van der Waals surface area contributed by atoms with Crippen LogP contribution in [0, 0.1) is 12.7 Å². The first kappa shape index (κ1) is 15.0. The van der Waals surface area contributed by atoms with Crippen molar-refractivity contribution >= 4 is 11.6 Å². The summed E-state index contributed by atoms with van der Waals surface area (Å²) >= 11 is 0. The highest BCUT2D eigenvalue weighted by Crippen LogP contribution is 2.16. The van der Waals surface area contributed by atoms with Crippen LogP contribution in [-0.2, 0) is 4.79 Å². The van der Waals surface area contributed by atoms with Crippen molar-refractivity contribution in [1.29, 1.82) is 0 Å². The number of amides is 1. The van der Waals surface area contributed by atoms with Crippen LogP contribution in [0.15, 0.2) is 18.2 Å². The molecule has 1 aromatic carbocycles. The van der Waals surface area contributed by atoms with Crippen LogP contribution in [0.5, 0.6) is 0 Å². The summed E-state index contributed by atoms with van der Waals surface area (Å²) in [4.78, 5) is 14.5. The van der Waals surface area contributed by atoms with Crippen LogP contribution in [0.1, 0.15) is 38.2 Å². The van der Waals surface area contributed by atoms with E-state index >= 15 is 0 Å². The summed E-state index contributed by atoms with van der Waals surface area (Å²) in [5.41, 5.74) is 1.11. The zero-order valence-corrected chi connectivity index (χ0v) is 12.3. The molecular formula is C16H23FN2O. The van der Waals surface area contributed by atoms with Crippen LogP contribution in [0.4, 0.5) is 10.1 Å². The average molecular weight is 278 g/mol. The maximum Gasteiger partial charge on any atom is 0.241 e. The van der Waals surface area contributed by atoms with Crippen LogP contribution in [0.2, 0.25) is 0 Å². The summed E-state index contributed by atoms with van der Waals surface area (Å²) in [6, 6.07) is 4.63. The summed E-state index contributed by atoms with van der Waals surface area (Å²) in [5, 5.41) is 2.81. The molecule has 110 valence electrons. The van der Waals surface area contributed by atoms with Gasteiger partial charge in [-0.1, -0.05) is 18.9 Å². The van der Waals surface area contributed by atoms with Crippen LogP contribution < -0.4 is 5.32 Å². The van der Waals surface area contributed by atoms with Crippen LogP contribution in [0.3, 0.4) is 0 Å². The van der Waals surface area contributed by atoms with E-state index in [-0.39, 0.29) is 17.8 Å². The van der Waals surface area contributed by atoms with Crippen molar-refractivity contribution in [3.63, 3.8) is 0 Å².